The van der Waals surface area contributed by atoms with Crippen LogP contribution >= 0.6 is 11.8 Å². The highest BCUT2D eigenvalue weighted by atomic mass is 32.2. The van der Waals surface area contributed by atoms with Crippen LogP contribution in [0.5, 0.6) is 0 Å². The summed E-state index contributed by atoms with van der Waals surface area (Å²) in [7, 11) is -3.07. The first-order valence-corrected chi connectivity index (χ1v) is 8.97. The highest BCUT2D eigenvalue weighted by Crippen LogP contribution is 2.31. The molecule has 0 N–H and O–H groups in total. The van der Waals surface area contributed by atoms with Crippen LogP contribution in [0.4, 0.5) is 0 Å². The van der Waals surface area contributed by atoms with E-state index < -0.39 is 15.2 Å². The van der Waals surface area contributed by atoms with Gasteiger partial charge in [0, 0.05) is 29.7 Å². The Bertz CT molecular complexity index is 390. The first kappa shape index (κ1) is 13.4. The summed E-state index contributed by atoms with van der Waals surface area (Å²) >= 11 is 1.67. The monoisotopic (exact) mass is 277 g/mol. The van der Waals surface area contributed by atoms with Crippen LogP contribution in [0, 0.1) is 5.92 Å². The lowest BCUT2D eigenvalue weighted by atomic mass is 10.2. The summed E-state index contributed by atoms with van der Waals surface area (Å²) < 4.78 is 23.9. The van der Waals surface area contributed by atoms with Crippen molar-refractivity contribution in [1.82, 2.24) is 4.90 Å². The minimum atomic E-state index is -3.07. The second-order valence-electron chi connectivity index (χ2n) is 4.69. The predicted molar refractivity (Wildman–Crippen MR) is 69.9 cm³/mol. The van der Waals surface area contributed by atoms with Crippen molar-refractivity contribution in [2.45, 2.75) is 25.1 Å². The van der Waals surface area contributed by atoms with E-state index in [1.54, 1.807) is 18.7 Å². The number of rotatable bonds is 5. The molecule has 4 nitrogen and oxygen atoms in total. The number of sulfone groups is 1. The Labute approximate surface area is 107 Å². The summed E-state index contributed by atoms with van der Waals surface area (Å²) in [5, 5.41) is -0.450. The fraction of sp³-hybridized carbons (Fsp3) is 0.909. The molecule has 0 aromatic carbocycles. The lowest BCUT2D eigenvalue weighted by Crippen LogP contribution is -2.49. The summed E-state index contributed by atoms with van der Waals surface area (Å²) in [5.41, 5.74) is 0. The number of thioether (sulfide) groups is 1. The molecule has 0 radical (unpaired) electrons. The smallest absolute Gasteiger partial charge is 0.166 e. The lowest BCUT2D eigenvalue weighted by Gasteiger charge is -2.34. The lowest BCUT2D eigenvalue weighted by molar-refractivity contribution is -0.121. The molecule has 1 aliphatic heterocycles. The number of carbonyl (C=O) groups excluding carboxylic acids is 1. The Hall–Kier alpha value is -0.0700. The Morgan fingerprint density at radius 2 is 2.12 bits per heavy atom. The van der Waals surface area contributed by atoms with E-state index in [2.05, 4.69) is 0 Å². The van der Waals surface area contributed by atoms with Crippen LogP contribution in [0.3, 0.4) is 0 Å². The molecule has 0 aromatic rings. The minimum absolute atomic E-state index is 0.159. The first-order chi connectivity index (χ1) is 8.04. The summed E-state index contributed by atoms with van der Waals surface area (Å²) in [6, 6.07) is 0. The van der Waals surface area contributed by atoms with Gasteiger partial charge >= 0.3 is 0 Å². The van der Waals surface area contributed by atoms with Gasteiger partial charge in [0.25, 0.3) is 0 Å². The van der Waals surface area contributed by atoms with Crippen molar-refractivity contribution >= 4 is 27.4 Å². The third kappa shape index (κ3) is 3.23. The van der Waals surface area contributed by atoms with E-state index >= 15 is 0 Å². The standard InChI is InChI=1S/C11H19NO3S2/c1-2-17(14,15)11-8-16-6-5-12(11)7-10(13)9-3-4-9/h9,11H,2-8H2,1H3. The molecule has 2 rings (SSSR count). The summed E-state index contributed by atoms with van der Waals surface area (Å²) in [5.74, 6) is 2.14. The molecule has 1 saturated heterocycles. The van der Waals surface area contributed by atoms with Crippen LogP contribution in [0.1, 0.15) is 19.8 Å². The van der Waals surface area contributed by atoms with E-state index in [9.17, 15) is 13.2 Å². The van der Waals surface area contributed by atoms with Gasteiger partial charge in [-0.2, -0.15) is 11.8 Å². The molecule has 0 bridgehead atoms. The predicted octanol–water partition coefficient (Wildman–Crippen LogP) is 0.775. The quantitative estimate of drug-likeness (QED) is 0.743. The maximum Gasteiger partial charge on any atom is 0.166 e. The third-order valence-electron chi connectivity index (χ3n) is 3.40. The molecule has 0 amide bonds. The fourth-order valence-corrected chi connectivity index (χ4v) is 5.13. The van der Waals surface area contributed by atoms with Crippen molar-refractivity contribution in [2.24, 2.45) is 5.92 Å². The Kier molecular flexibility index (Phi) is 4.15. The number of nitrogens with zero attached hydrogens (tertiary/aromatic N) is 1. The van der Waals surface area contributed by atoms with Crippen LogP contribution in [0.25, 0.3) is 0 Å². The summed E-state index contributed by atoms with van der Waals surface area (Å²) in [6.07, 6.45) is 1.99. The largest absolute Gasteiger partial charge is 0.298 e. The van der Waals surface area contributed by atoms with Gasteiger partial charge in [-0.15, -0.1) is 0 Å². The Morgan fingerprint density at radius 3 is 2.71 bits per heavy atom. The van der Waals surface area contributed by atoms with Crippen molar-refractivity contribution in [3.8, 4) is 0 Å². The van der Waals surface area contributed by atoms with E-state index in [0.29, 0.717) is 18.8 Å². The molecule has 2 fully saturated rings. The SMILES string of the molecule is CCS(=O)(=O)C1CSCCN1CC(=O)C1CC1. The van der Waals surface area contributed by atoms with Crippen LogP contribution in [0.2, 0.25) is 0 Å². The molecule has 0 aromatic heterocycles. The van der Waals surface area contributed by atoms with Crippen LogP contribution in [-0.4, -0.2) is 54.8 Å². The zero-order valence-electron chi connectivity index (χ0n) is 10.1. The number of carbonyl (C=O) groups is 1. The van der Waals surface area contributed by atoms with Crippen molar-refractivity contribution in [3.63, 3.8) is 0 Å². The second kappa shape index (κ2) is 5.28. The van der Waals surface area contributed by atoms with E-state index in [4.69, 9.17) is 0 Å². The number of hydrogen-bond donors (Lipinski definition) is 0. The van der Waals surface area contributed by atoms with Gasteiger partial charge in [0.1, 0.15) is 11.2 Å². The van der Waals surface area contributed by atoms with E-state index in [1.807, 2.05) is 4.90 Å². The van der Waals surface area contributed by atoms with Crippen LogP contribution in [-0.2, 0) is 14.6 Å². The van der Waals surface area contributed by atoms with E-state index in [-0.39, 0.29) is 17.5 Å². The van der Waals surface area contributed by atoms with Gasteiger partial charge in [0.15, 0.2) is 9.84 Å². The van der Waals surface area contributed by atoms with Crippen molar-refractivity contribution in [3.05, 3.63) is 0 Å². The normalized spacial score (nSPS) is 27.0. The zero-order chi connectivity index (χ0) is 12.5. The highest BCUT2D eigenvalue weighted by molar-refractivity contribution is 8.01. The maximum atomic E-state index is 12.0. The van der Waals surface area contributed by atoms with Gasteiger partial charge in [-0.05, 0) is 12.8 Å². The molecule has 17 heavy (non-hydrogen) atoms. The van der Waals surface area contributed by atoms with Crippen molar-refractivity contribution in [2.75, 3.05) is 30.3 Å². The topological polar surface area (TPSA) is 54.5 Å². The molecular formula is C11H19NO3S2. The molecule has 1 atom stereocenters. The van der Waals surface area contributed by atoms with Crippen molar-refractivity contribution in [1.29, 1.82) is 0 Å². The summed E-state index contributed by atoms with van der Waals surface area (Å²) in [6.45, 7) is 2.72. The summed E-state index contributed by atoms with van der Waals surface area (Å²) in [4.78, 5) is 13.7. The Balaban J connectivity index is 2.03. The van der Waals surface area contributed by atoms with Crippen molar-refractivity contribution < 1.29 is 13.2 Å². The highest BCUT2D eigenvalue weighted by Gasteiger charge is 2.37. The van der Waals surface area contributed by atoms with Gasteiger partial charge in [0.05, 0.1) is 6.54 Å². The first-order valence-electron chi connectivity index (χ1n) is 6.10. The molecular weight excluding hydrogens is 258 g/mol. The molecule has 1 aliphatic carbocycles. The number of Topliss-reactive ketones (excluding diaryl/α,β-unsaturated/α-hetero) is 1. The second-order valence-corrected chi connectivity index (χ2v) is 8.29. The average molecular weight is 277 g/mol. The Morgan fingerprint density at radius 1 is 1.41 bits per heavy atom. The van der Waals surface area contributed by atoms with Gasteiger partial charge in [-0.1, -0.05) is 6.92 Å². The molecule has 6 heteroatoms. The van der Waals surface area contributed by atoms with Gasteiger partial charge < -0.3 is 0 Å². The zero-order valence-corrected chi connectivity index (χ0v) is 11.7. The number of ketones is 1. The number of hydrogen-bond acceptors (Lipinski definition) is 5. The third-order valence-corrected chi connectivity index (χ3v) is 6.73. The molecule has 1 saturated carbocycles. The van der Waals surface area contributed by atoms with Gasteiger partial charge in [-0.3, -0.25) is 9.69 Å². The molecule has 1 unspecified atom stereocenters. The van der Waals surface area contributed by atoms with E-state index in [0.717, 1.165) is 18.6 Å². The maximum absolute atomic E-state index is 12.0. The minimum Gasteiger partial charge on any atom is -0.298 e. The average Bonchev–Trinajstić information content (AvgIpc) is 3.13. The van der Waals surface area contributed by atoms with E-state index in [1.165, 1.54) is 0 Å². The van der Waals surface area contributed by atoms with Gasteiger partial charge in [-0.25, -0.2) is 8.42 Å². The van der Waals surface area contributed by atoms with Gasteiger partial charge in [0.2, 0.25) is 0 Å². The van der Waals surface area contributed by atoms with Crippen LogP contribution < -0.4 is 0 Å². The fourth-order valence-electron chi connectivity index (χ4n) is 2.05. The molecule has 0 spiro atoms. The van der Waals surface area contributed by atoms with Crippen LogP contribution in [0.15, 0.2) is 0 Å². The molecule has 98 valence electrons. The molecule has 2 aliphatic rings. The molecule has 1 heterocycles.